The molecule has 1 atom stereocenters. The second-order valence-electron chi connectivity index (χ2n) is 9.67. The van der Waals surface area contributed by atoms with Crippen LogP contribution in [0.3, 0.4) is 0 Å². The van der Waals surface area contributed by atoms with E-state index >= 15 is 0 Å². The number of rotatable bonds is 28. The molecule has 15 nitrogen and oxygen atoms in total. The number of hydrogen-bond donors (Lipinski definition) is 3. The summed E-state index contributed by atoms with van der Waals surface area (Å²) in [4.78, 5) is 22.8. The van der Waals surface area contributed by atoms with Crippen molar-refractivity contribution in [3.05, 3.63) is 27.8 Å². The molecule has 0 aliphatic heterocycles. The highest BCUT2D eigenvalue weighted by molar-refractivity contribution is 7.98. The zero-order valence-electron chi connectivity index (χ0n) is 25.7. The Kier molecular flexibility index (Phi) is 21.7. The number of carbonyl (C=O) groups is 1. The Balaban J connectivity index is 2.62. The quantitative estimate of drug-likeness (QED) is 0.0503. The van der Waals surface area contributed by atoms with Gasteiger partial charge < -0.3 is 53.2 Å². The maximum absolute atomic E-state index is 11.7. The van der Waals surface area contributed by atoms with Gasteiger partial charge in [0.2, 0.25) is 0 Å². The number of thioether (sulfide) groups is 1. The van der Waals surface area contributed by atoms with E-state index < -0.39 is 10.3 Å². The minimum Gasteiger partial charge on any atom is -0.493 e. The Morgan fingerprint density at radius 1 is 0.841 bits per heavy atom. The van der Waals surface area contributed by atoms with Gasteiger partial charge in [-0.2, -0.15) is 11.8 Å². The minimum atomic E-state index is -0.738. The first-order valence-electron chi connectivity index (χ1n) is 14.1. The smallest absolute Gasteiger partial charge is 0.309 e. The molecule has 0 spiro atoms. The second-order valence-corrected chi connectivity index (χ2v) is 10.7. The van der Waals surface area contributed by atoms with Gasteiger partial charge in [0.25, 0.3) is 5.69 Å². The van der Waals surface area contributed by atoms with E-state index in [4.69, 9.17) is 53.2 Å². The molecule has 1 unspecified atom stereocenters. The Morgan fingerprint density at radius 2 is 1.36 bits per heavy atom. The van der Waals surface area contributed by atoms with Crippen LogP contribution < -0.4 is 9.47 Å². The summed E-state index contributed by atoms with van der Waals surface area (Å²) in [5.41, 5.74) is -0.417. The first kappa shape index (κ1) is 39.7. The lowest BCUT2D eigenvalue weighted by molar-refractivity contribution is -0.385. The molecule has 0 aliphatic rings. The number of methoxy groups -OCH3 is 2. The highest BCUT2D eigenvalue weighted by atomic mass is 32.2. The summed E-state index contributed by atoms with van der Waals surface area (Å²) < 4.78 is 43.8. The highest BCUT2D eigenvalue weighted by Crippen LogP contribution is 2.36. The van der Waals surface area contributed by atoms with Crippen LogP contribution in [-0.2, 0) is 39.0 Å². The topological polar surface area (TPSA) is 195 Å². The number of esters is 1. The van der Waals surface area contributed by atoms with Crippen LogP contribution in [0.15, 0.2) is 12.1 Å². The van der Waals surface area contributed by atoms with Crippen molar-refractivity contribution in [2.24, 2.45) is 11.3 Å². The zero-order chi connectivity index (χ0) is 32.6. The Labute approximate surface area is 262 Å². The average molecular weight is 654 g/mol. The molecular formula is C28H47NO14S. The summed E-state index contributed by atoms with van der Waals surface area (Å²) in [5, 5.41) is 38.9. The summed E-state index contributed by atoms with van der Waals surface area (Å²) in [6, 6.07) is 2.88. The lowest BCUT2D eigenvalue weighted by Crippen LogP contribution is -2.42. The molecule has 0 aliphatic carbocycles. The fourth-order valence-corrected chi connectivity index (χ4v) is 4.85. The third kappa shape index (κ3) is 15.6. The van der Waals surface area contributed by atoms with Gasteiger partial charge in [0.15, 0.2) is 11.5 Å². The summed E-state index contributed by atoms with van der Waals surface area (Å²) >= 11 is 1.38. The van der Waals surface area contributed by atoms with E-state index in [1.807, 2.05) is 0 Å². The predicted molar refractivity (Wildman–Crippen MR) is 160 cm³/mol. The molecule has 1 rings (SSSR count). The van der Waals surface area contributed by atoms with Crippen LogP contribution in [0.5, 0.6) is 11.5 Å². The number of nitrogens with zero attached hydrogens (tertiary/aromatic N) is 1. The maximum Gasteiger partial charge on any atom is 0.309 e. The van der Waals surface area contributed by atoms with Crippen molar-refractivity contribution in [2.45, 2.75) is 12.7 Å². The number of aliphatic hydroxyl groups is 3. The monoisotopic (exact) mass is 653 g/mol. The van der Waals surface area contributed by atoms with E-state index in [0.29, 0.717) is 22.8 Å². The lowest BCUT2D eigenvalue weighted by Gasteiger charge is -2.32. The molecule has 0 saturated carbocycles. The van der Waals surface area contributed by atoms with Crippen molar-refractivity contribution in [1.82, 2.24) is 0 Å². The molecule has 16 heteroatoms. The zero-order valence-corrected chi connectivity index (χ0v) is 26.6. The van der Waals surface area contributed by atoms with Gasteiger partial charge in [0.1, 0.15) is 6.61 Å². The van der Waals surface area contributed by atoms with Crippen LogP contribution in [0.2, 0.25) is 0 Å². The fourth-order valence-electron chi connectivity index (χ4n) is 3.79. The number of nitro groups is 1. The summed E-state index contributed by atoms with van der Waals surface area (Å²) in [6.45, 7) is 3.02. The first-order chi connectivity index (χ1) is 21.3. The molecule has 0 bridgehead atoms. The van der Waals surface area contributed by atoms with E-state index in [1.165, 1.54) is 32.0 Å². The molecule has 0 saturated heterocycles. The fraction of sp³-hybridized carbons (Fsp3) is 0.750. The Hall–Kier alpha value is -2.28. The molecule has 0 fully saturated rings. The van der Waals surface area contributed by atoms with Gasteiger partial charge in [-0.25, -0.2) is 0 Å². The van der Waals surface area contributed by atoms with Crippen LogP contribution in [0.25, 0.3) is 0 Å². The van der Waals surface area contributed by atoms with Gasteiger partial charge in [-0.1, -0.05) is 6.92 Å². The van der Waals surface area contributed by atoms with Gasteiger partial charge in [-0.05, 0) is 6.07 Å². The number of hydrogen-bond acceptors (Lipinski definition) is 15. The highest BCUT2D eigenvalue weighted by Gasteiger charge is 2.32. The number of ether oxygens (including phenoxy) is 8. The van der Waals surface area contributed by atoms with E-state index in [2.05, 4.69) is 0 Å². The van der Waals surface area contributed by atoms with E-state index in [1.54, 1.807) is 13.0 Å². The van der Waals surface area contributed by atoms with Gasteiger partial charge in [-0.3, -0.25) is 14.9 Å². The van der Waals surface area contributed by atoms with Crippen molar-refractivity contribution < 1.29 is 62.9 Å². The van der Waals surface area contributed by atoms with Gasteiger partial charge in [0.05, 0.1) is 122 Å². The number of benzene rings is 1. The largest absolute Gasteiger partial charge is 0.493 e. The van der Waals surface area contributed by atoms with Gasteiger partial charge in [0, 0.05) is 17.1 Å². The summed E-state index contributed by atoms with van der Waals surface area (Å²) in [5.74, 6) is 0.596. The third-order valence-corrected chi connectivity index (χ3v) is 7.24. The van der Waals surface area contributed by atoms with Crippen LogP contribution in [-0.4, -0.2) is 139 Å². The molecule has 1 aromatic rings. The molecule has 1 aromatic carbocycles. The number of carbonyl (C=O) groups excluding carboxylic acids is 1. The molecule has 254 valence electrons. The van der Waals surface area contributed by atoms with Crippen molar-refractivity contribution >= 4 is 23.4 Å². The summed E-state index contributed by atoms with van der Waals surface area (Å²) in [7, 11) is 2.76. The molecule has 0 amide bonds. The average Bonchev–Trinajstić information content (AvgIpc) is 3.02. The SMILES string of the molecule is COC(=O)C(C)CSCc1cc(OC)c(OCCOCCOCC(COCCO)(COCCO)COCCO)cc1[N+](=O)[O-]. The summed E-state index contributed by atoms with van der Waals surface area (Å²) in [6.07, 6.45) is 0. The van der Waals surface area contributed by atoms with Crippen LogP contribution >= 0.6 is 11.8 Å². The minimum absolute atomic E-state index is 0.0984. The molecule has 0 aromatic heterocycles. The molecule has 0 heterocycles. The van der Waals surface area contributed by atoms with Gasteiger partial charge >= 0.3 is 5.97 Å². The van der Waals surface area contributed by atoms with Crippen molar-refractivity contribution in [3.63, 3.8) is 0 Å². The maximum atomic E-state index is 11.7. The molecule has 0 radical (unpaired) electrons. The molecule has 44 heavy (non-hydrogen) atoms. The van der Waals surface area contributed by atoms with Gasteiger partial charge in [-0.15, -0.1) is 0 Å². The van der Waals surface area contributed by atoms with E-state index in [-0.39, 0.29) is 116 Å². The second kappa shape index (κ2) is 24.0. The van der Waals surface area contributed by atoms with Crippen LogP contribution in [0.4, 0.5) is 5.69 Å². The van der Waals surface area contributed by atoms with Crippen LogP contribution in [0.1, 0.15) is 12.5 Å². The predicted octanol–water partition coefficient (Wildman–Crippen LogP) is 1.07. The van der Waals surface area contributed by atoms with Crippen molar-refractivity contribution in [3.8, 4) is 11.5 Å². The third-order valence-electron chi connectivity index (χ3n) is 5.99. The lowest BCUT2D eigenvalue weighted by atomic mass is 9.92. The Bertz CT molecular complexity index is 911. The number of nitro benzene ring substituents is 1. The first-order valence-corrected chi connectivity index (χ1v) is 15.3. The number of aliphatic hydroxyl groups excluding tert-OH is 3. The normalized spacial score (nSPS) is 12.2. The standard InChI is InChI=1S/C28H47NO14S/c1-22(27(33)37-3)16-44-17-23-14-25(36-2)26(15-24(23)29(34)35)43-13-12-38-10-11-42-21-28(18-39-7-4-30,19-40-8-5-31)20-41-9-6-32/h14-15,22,30-32H,4-13,16-21H2,1-3H3. The molecular weight excluding hydrogens is 606 g/mol. The van der Waals surface area contributed by atoms with Crippen molar-refractivity contribution in [1.29, 1.82) is 0 Å². The Morgan fingerprint density at radius 3 is 1.86 bits per heavy atom. The van der Waals surface area contributed by atoms with E-state index in [9.17, 15) is 14.9 Å². The van der Waals surface area contributed by atoms with E-state index in [0.717, 1.165) is 0 Å². The van der Waals surface area contributed by atoms with Crippen LogP contribution in [0, 0.1) is 21.4 Å². The van der Waals surface area contributed by atoms with Crippen molar-refractivity contribution in [2.75, 3.05) is 112 Å². The molecule has 3 N–H and O–H groups in total.